The van der Waals surface area contributed by atoms with Gasteiger partial charge in [-0.3, -0.25) is 9.55 Å². The van der Waals surface area contributed by atoms with Crippen LogP contribution < -0.4 is 4.98 Å². The number of aryl methyl sites for hydroxylation is 2. The molecule has 0 radical (unpaired) electrons. The molecule has 0 N–H and O–H groups in total. The molecule has 0 aliphatic heterocycles. The van der Waals surface area contributed by atoms with Crippen LogP contribution in [0.25, 0.3) is 111 Å². The first kappa shape index (κ1) is 37.6. The minimum Gasteiger partial charge on any atom is -0.656 e. The summed E-state index contributed by atoms with van der Waals surface area (Å²) in [5.74, 6) is 1.67. The summed E-state index contributed by atoms with van der Waals surface area (Å²) in [4.78, 5) is 20.1. The Balaban J connectivity index is 0.00000432. The molecular weight excluding hydrogens is 940 g/mol. The minimum absolute atomic E-state index is 0. The van der Waals surface area contributed by atoms with Crippen LogP contribution >= 0.6 is 0 Å². The Morgan fingerprint density at radius 2 is 1.27 bits per heavy atom. The third-order valence-corrected chi connectivity index (χ3v) is 12.2. The van der Waals surface area contributed by atoms with Crippen molar-refractivity contribution in [3.05, 3.63) is 200 Å². The molecule has 0 aliphatic rings. The van der Waals surface area contributed by atoms with Gasteiger partial charge in [-0.05, 0) is 130 Å². The summed E-state index contributed by atoms with van der Waals surface area (Å²) >= 11 is 0. The van der Waals surface area contributed by atoms with Gasteiger partial charge in [-0.2, -0.15) is 0 Å². The zero-order chi connectivity index (χ0) is 40.6. The average Bonchev–Trinajstić information content (AvgIpc) is 3.99. The van der Waals surface area contributed by atoms with Gasteiger partial charge in [-0.25, -0.2) is 9.97 Å². The molecule has 12 rings (SSSR count). The second-order valence-corrected chi connectivity index (χ2v) is 15.8. The molecule has 296 valence electrons. The Kier molecular flexibility index (Phi) is 9.06. The molecule has 0 aliphatic carbocycles. The molecule has 0 spiro atoms. The molecule has 5 aromatic heterocycles. The van der Waals surface area contributed by atoms with Crippen molar-refractivity contribution < 1.29 is 21.1 Å². The predicted octanol–water partition coefficient (Wildman–Crippen LogP) is 13.3. The van der Waals surface area contributed by atoms with E-state index >= 15 is 0 Å². The summed E-state index contributed by atoms with van der Waals surface area (Å²) in [6.07, 6.45) is 5.52. The van der Waals surface area contributed by atoms with Crippen LogP contribution in [0.15, 0.2) is 182 Å². The van der Waals surface area contributed by atoms with Crippen molar-refractivity contribution >= 4 is 54.6 Å². The number of benzene rings is 7. The molecular formula is C55H36N6Pt. The largest absolute Gasteiger partial charge is 2.00 e. The van der Waals surface area contributed by atoms with Gasteiger partial charge in [0, 0.05) is 35.4 Å². The van der Waals surface area contributed by atoms with E-state index in [0.717, 1.165) is 111 Å². The van der Waals surface area contributed by atoms with Crippen LogP contribution in [0.3, 0.4) is 0 Å². The van der Waals surface area contributed by atoms with E-state index in [1.54, 1.807) is 0 Å². The summed E-state index contributed by atoms with van der Waals surface area (Å²) in [6, 6.07) is 61.8. The quantitative estimate of drug-likeness (QED) is 0.156. The minimum atomic E-state index is 0. The maximum Gasteiger partial charge on any atom is 2.00 e. The van der Waals surface area contributed by atoms with E-state index in [2.05, 4.69) is 174 Å². The van der Waals surface area contributed by atoms with Crippen LogP contribution in [0.5, 0.6) is 0 Å². The summed E-state index contributed by atoms with van der Waals surface area (Å²) in [5.41, 5.74) is 16.8. The van der Waals surface area contributed by atoms with E-state index in [0.29, 0.717) is 0 Å². The molecule has 0 saturated carbocycles. The first-order valence-electron chi connectivity index (χ1n) is 20.5. The van der Waals surface area contributed by atoms with Gasteiger partial charge in [0.15, 0.2) is 0 Å². The van der Waals surface area contributed by atoms with Gasteiger partial charge in [0.1, 0.15) is 11.6 Å². The molecule has 0 saturated heterocycles. The Bertz CT molecular complexity index is 3650. The Morgan fingerprint density at radius 1 is 0.516 bits per heavy atom. The Morgan fingerprint density at radius 3 is 2.08 bits per heavy atom. The van der Waals surface area contributed by atoms with Crippen molar-refractivity contribution in [2.75, 3.05) is 0 Å². The van der Waals surface area contributed by atoms with Crippen LogP contribution in [0.1, 0.15) is 11.1 Å². The van der Waals surface area contributed by atoms with Gasteiger partial charge in [-0.15, -0.1) is 34.8 Å². The van der Waals surface area contributed by atoms with Gasteiger partial charge < -0.3 is 9.55 Å². The number of hydrogen-bond acceptors (Lipinski definition) is 3. The number of imidazole rings is 1. The van der Waals surface area contributed by atoms with Crippen molar-refractivity contribution in [1.29, 1.82) is 0 Å². The van der Waals surface area contributed by atoms with Crippen LogP contribution in [-0.2, 0) is 21.1 Å². The van der Waals surface area contributed by atoms with Crippen LogP contribution in [0.4, 0.5) is 0 Å². The third kappa shape index (κ3) is 6.01. The summed E-state index contributed by atoms with van der Waals surface area (Å²) in [5, 5.41) is 4.51. The normalized spacial score (nSPS) is 11.6. The monoisotopic (exact) mass is 975 g/mol. The van der Waals surface area contributed by atoms with Gasteiger partial charge in [0.25, 0.3) is 0 Å². The zero-order valence-corrected chi connectivity index (χ0v) is 36.1. The number of nitrogens with zero attached hydrogens (tertiary/aromatic N) is 6. The second kappa shape index (κ2) is 14.9. The van der Waals surface area contributed by atoms with Crippen LogP contribution in [0, 0.1) is 19.9 Å². The maximum absolute atomic E-state index is 5.65. The average molecular weight is 976 g/mol. The number of pyridine rings is 2. The predicted molar refractivity (Wildman–Crippen MR) is 249 cm³/mol. The zero-order valence-electron chi connectivity index (χ0n) is 33.8. The standard InChI is InChI=1S/C55H36N6.Pt/c1-34-28-44-46-31-40(36-12-5-3-6-13-36)32-47(53(46)58-48(44)29-35(34)2)55-59-54-42(16-11-17-50(54)60(55)41-14-7-4-8-15-41)39-19-21-43-45-30-38(37-23-26-56-27-24-37)20-22-49(45)61(51(43)33-39)52-18-9-10-25-57-52;/h3-32H,1-2H3;/q-2;+2. The van der Waals surface area contributed by atoms with E-state index in [9.17, 15) is 0 Å². The van der Waals surface area contributed by atoms with Crippen molar-refractivity contribution in [2.45, 2.75) is 13.8 Å². The molecule has 6 nitrogen and oxygen atoms in total. The van der Waals surface area contributed by atoms with E-state index in [4.69, 9.17) is 15.0 Å². The fourth-order valence-corrected chi connectivity index (χ4v) is 9.04. The van der Waals surface area contributed by atoms with E-state index < -0.39 is 0 Å². The fourth-order valence-electron chi connectivity index (χ4n) is 9.04. The van der Waals surface area contributed by atoms with Crippen LogP contribution in [0.2, 0.25) is 0 Å². The summed E-state index contributed by atoms with van der Waals surface area (Å²) < 4.78 is 4.52. The molecule has 0 fully saturated rings. The van der Waals surface area contributed by atoms with Gasteiger partial charge in [0.05, 0.1) is 11.0 Å². The van der Waals surface area contributed by atoms with E-state index in [1.807, 2.05) is 42.9 Å². The number of para-hydroxylation sites is 2. The number of aromatic nitrogens is 6. The topological polar surface area (TPSA) is 62.6 Å². The first-order chi connectivity index (χ1) is 30.1. The molecule has 7 heteroatoms. The first-order valence-corrected chi connectivity index (χ1v) is 20.5. The Labute approximate surface area is 372 Å². The molecule has 0 atom stereocenters. The summed E-state index contributed by atoms with van der Waals surface area (Å²) in [7, 11) is 0. The number of fused-ring (bicyclic) bond motifs is 7. The molecule has 0 amide bonds. The number of hydrogen-bond donors (Lipinski definition) is 0. The van der Waals surface area contributed by atoms with Crippen molar-refractivity contribution in [3.63, 3.8) is 0 Å². The molecule has 62 heavy (non-hydrogen) atoms. The molecule has 5 heterocycles. The van der Waals surface area contributed by atoms with E-state index in [1.165, 1.54) is 11.1 Å². The third-order valence-electron chi connectivity index (χ3n) is 12.2. The Hall–Kier alpha value is -7.40. The molecule has 0 unspecified atom stereocenters. The van der Waals surface area contributed by atoms with Gasteiger partial charge >= 0.3 is 21.1 Å². The SMILES string of the molecule is Cc1cc2[n-]c3c(-c4nc5c(-c6[c-]c7c(cc6)c6cc(-c8ccncc8)ccc6n7-c6ccccn6)cccc5n4-c4ccccc4)cc(-c4ccccc4)cc3c2cc1C.[Pt+2]. The van der Waals surface area contributed by atoms with Crippen molar-refractivity contribution in [2.24, 2.45) is 0 Å². The molecule has 7 aromatic carbocycles. The van der Waals surface area contributed by atoms with E-state index in [-0.39, 0.29) is 21.1 Å². The number of rotatable bonds is 6. The molecule has 12 aromatic rings. The van der Waals surface area contributed by atoms with Crippen LogP contribution in [-0.4, -0.2) is 24.1 Å². The van der Waals surface area contributed by atoms with Gasteiger partial charge in [0.2, 0.25) is 0 Å². The second-order valence-electron chi connectivity index (χ2n) is 15.8. The fraction of sp³-hybridized carbons (Fsp3) is 0.0364. The maximum atomic E-state index is 5.65. The summed E-state index contributed by atoms with van der Waals surface area (Å²) in [6.45, 7) is 4.33. The molecule has 0 bridgehead atoms. The van der Waals surface area contributed by atoms with Gasteiger partial charge in [-0.1, -0.05) is 102 Å². The van der Waals surface area contributed by atoms with Crippen molar-refractivity contribution in [3.8, 4) is 56.3 Å². The smallest absolute Gasteiger partial charge is 0.656 e. The van der Waals surface area contributed by atoms with Crippen molar-refractivity contribution in [1.82, 2.24) is 29.1 Å².